The third-order valence-electron chi connectivity index (χ3n) is 3.52. The van der Waals surface area contributed by atoms with E-state index in [1.165, 1.54) is 6.20 Å². The quantitative estimate of drug-likeness (QED) is 0.591. The van der Waals surface area contributed by atoms with Crippen molar-refractivity contribution < 1.29 is 4.79 Å². The van der Waals surface area contributed by atoms with Gasteiger partial charge < -0.3 is 10.6 Å². The number of anilines is 2. The predicted molar refractivity (Wildman–Crippen MR) is 98.3 cm³/mol. The molecule has 0 bridgehead atoms. The Labute approximate surface area is 150 Å². The average Bonchev–Trinajstić information content (AvgIpc) is 2.56. The third-order valence-corrected chi connectivity index (χ3v) is 4.34. The third kappa shape index (κ3) is 4.08. The molecule has 0 saturated heterocycles. The second-order valence-corrected chi connectivity index (χ2v) is 5.91. The van der Waals surface area contributed by atoms with Crippen LogP contribution in [0, 0.1) is 25.2 Å². The van der Waals surface area contributed by atoms with Gasteiger partial charge in [0.15, 0.2) is 0 Å². The Morgan fingerprint density at radius 3 is 2.17 bits per heavy atom. The first-order valence-electron chi connectivity index (χ1n) is 7.12. The molecule has 2 aromatic rings. The van der Waals surface area contributed by atoms with Crippen LogP contribution < -0.4 is 10.6 Å². The lowest BCUT2D eigenvalue weighted by Crippen LogP contribution is -2.15. The molecule has 2 rings (SSSR count). The van der Waals surface area contributed by atoms with Gasteiger partial charge in [-0.2, -0.15) is 5.26 Å². The standard InChI is InChI=1S/C18H15Cl2N3O/c1-11-14(19)5-3-7-16(11)22-10-13(9-21)18(24)23-17-8-4-6-15(20)12(17)2/h3-8,10,22H,1-2H3,(H,23,24)/b13-10-. The van der Waals surface area contributed by atoms with Crippen LogP contribution in [0.2, 0.25) is 10.0 Å². The Balaban J connectivity index is 2.18. The highest BCUT2D eigenvalue weighted by Crippen LogP contribution is 2.24. The lowest BCUT2D eigenvalue weighted by atomic mass is 10.2. The largest absolute Gasteiger partial charge is 0.360 e. The molecular formula is C18H15Cl2N3O. The zero-order valence-corrected chi connectivity index (χ0v) is 14.7. The van der Waals surface area contributed by atoms with Crippen LogP contribution in [0.25, 0.3) is 0 Å². The molecule has 24 heavy (non-hydrogen) atoms. The highest BCUT2D eigenvalue weighted by molar-refractivity contribution is 6.32. The number of amides is 1. The van der Waals surface area contributed by atoms with Gasteiger partial charge in [0.2, 0.25) is 0 Å². The van der Waals surface area contributed by atoms with Gasteiger partial charge in [-0.25, -0.2) is 0 Å². The number of nitrogens with one attached hydrogen (secondary N) is 2. The fourth-order valence-electron chi connectivity index (χ4n) is 1.99. The van der Waals surface area contributed by atoms with Crippen molar-refractivity contribution in [2.45, 2.75) is 13.8 Å². The fourth-order valence-corrected chi connectivity index (χ4v) is 2.34. The second kappa shape index (κ2) is 7.87. The molecule has 0 spiro atoms. The number of nitriles is 1. The fraction of sp³-hybridized carbons (Fsp3) is 0.111. The molecule has 2 aromatic carbocycles. The summed E-state index contributed by atoms with van der Waals surface area (Å²) in [7, 11) is 0. The molecule has 0 aliphatic heterocycles. The normalized spacial score (nSPS) is 10.9. The van der Waals surface area contributed by atoms with Crippen molar-refractivity contribution >= 4 is 40.5 Å². The van der Waals surface area contributed by atoms with E-state index in [0.717, 1.165) is 16.8 Å². The van der Waals surface area contributed by atoms with Crippen LogP contribution in [0.5, 0.6) is 0 Å². The Hall–Kier alpha value is -2.48. The van der Waals surface area contributed by atoms with E-state index in [9.17, 15) is 10.1 Å². The summed E-state index contributed by atoms with van der Waals surface area (Å²) >= 11 is 12.1. The van der Waals surface area contributed by atoms with Gasteiger partial charge in [-0.3, -0.25) is 4.79 Å². The van der Waals surface area contributed by atoms with E-state index < -0.39 is 5.91 Å². The summed E-state index contributed by atoms with van der Waals surface area (Å²) in [6.07, 6.45) is 1.36. The van der Waals surface area contributed by atoms with Crippen LogP contribution in [0.1, 0.15) is 11.1 Å². The minimum Gasteiger partial charge on any atom is -0.360 e. The molecule has 0 unspecified atom stereocenters. The Kier molecular flexibility index (Phi) is 5.86. The molecule has 0 radical (unpaired) electrons. The minimum atomic E-state index is -0.518. The molecule has 1 amide bonds. The molecule has 6 heteroatoms. The van der Waals surface area contributed by atoms with Crippen LogP contribution in [0.4, 0.5) is 11.4 Å². The SMILES string of the molecule is Cc1c(Cl)cccc1N/C=C(/C#N)C(=O)Nc1cccc(Cl)c1C. The van der Waals surface area contributed by atoms with Gasteiger partial charge in [-0.15, -0.1) is 0 Å². The van der Waals surface area contributed by atoms with Gasteiger partial charge in [0.05, 0.1) is 0 Å². The molecule has 0 heterocycles. The van der Waals surface area contributed by atoms with Crippen molar-refractivity contribution in [1.29, 1.82) is 5.26 Å². The Morgan fingerprint density at radius 2 is 1.58 bits per heavy atom. The van der Waals surface area contributed by atoms with Gasteiger partial charge in [-0.1, -0.05) is 35.3 Å². The van der Waals surface area contributed by atoms with E-state index in [1.54, 1.807) is 37.3 Å². The molecule has 122 valence electrons. The topological polar surface area (TPSA) is 64.9 Å². The molecular weight excluding hydrogens is 345 g/mol. The summed E-state index contributed by atoms with van der Waals surface area (Å²) < 4.78 is 0. The summed E-state index contributed by atoms with van der Waals surface area (Å²) in [6.45, 7) is 3.64. The maximum Gasteiger partial charge on any atom is 0.267 e. The second-order valence-electron chi connectivity index (χ2n) is 5.09. The number of hydrogen-bond donors (Lipinski definition) is 2. The molecule has 0 aliphatic rings. The zero-order chi connectivity index (χ0) is 17.7. The van der Waals surface area contributed by atoms with Crippen LogP contribution in [-0.4, -0.2) is 5.91 Å². The van der Waals surface area contributed by atoms with Crippen molar-refractivity contribution in [3.8, 4) is 6.07 Å². The highest BCUT2D eigenvalue weighted by Gasteiger charge is 2.12. The van der Waals surface area contributed by atoms with E-state index in [1.807, 2.05) is 19.1 Å². The lowest BCUT2D eigenvalue weighted by molar-refractivity contribution is -0.112. The van der Waals surface area contributed by atoms with Gasteiger partial charge in [0.25, 0.3) is 5.91 Å². The Bertz CT molecular complexity index is 854. The number of hydrogen-bond acceptors (Lipinski definition) is 3. The van der Waals surface area contributed by atoms with Crippen LogP contribution >= 0.6 is 23.2 Å². The van der Waals surface area contributed by atoms with Crippen LogP contribution in [0.3, 0.4) is 0 Å². The number of carbonyl (C=O) groups is 1. The van der Waals surface area contributed by atoms with E-state index in [2.05, 4.69) is 10.6 Å². The Morgan fingerprint density at radius 1 is 1.04 bits per heavy atom. The smallest absolute Gasteiger partial charge is 0.267 e. The van der Waals surface area contributed by atoms with Crippen LogP contribution in [-0.2, 0) is 4.79 Å². The van der Waals surface area contributed by atoms with Gasteiger partial charge in [-0.05, 0) is 49.2 Å². The first-order chi connectivity index (χ1) is 11.4. The molecule has 0 saturated carbocycles. The summed E-state index contributed by atoms with van der Waals surface area (Å²) in [4.78, 5) is 12.3. The van der Waals surface area contributed by atoms with E-state index >= 15 is 0 Å². The van der Waals surface area contributed by atoms with E-state index in [-0.39, 0.29) is 5.57 Å². The maximum atomic E-state index is 12.3. The number of halogens is 2. The molecule has 2 N–H and O–H groups in total. The lowest BCUT2D eigenvalue weighted by Gasteiger charge is -2.10. The van der Waals surface area contributed by atoms with Gasteiger partial charge >= 0.3 is 0 Å². The summed E-state index contributed by atoms with van der Waals surface area (Å²) in [6, 6.07) is 12.4. The van der Waals surface area contributed by atoms with Crippen molar-refractivity contribution in [3.63, 3.8) is 0 Å². The monoisotopic (exact) mass is 359 g/mol. The van der Waals surface area contributed by atoms with Crippen molar-refractivity contribution in [2.24, 2.45) is 0 Å². The van der Waals surface area contributed by atoms with E-state index in [0.29, 0.717) is 15.7 Å². The number of carbonyl (C=O) groups excluding carboxylic acids is 1. The first kappa shape index (κ1) is 17.9. The molecule has 0 aromatic heterocycles. The number of benzene rings is 2. The van der Waals surface area contributed by atoms with Crippen molar-refractivity contribution in [3.05, 3.63) is 69.3 Å². The summed E-state index contributed by atoms with van der Waals surface area (Å²) in [5, 5.41) is 16.0. The highest BCUT2D eigenvalue weighted by atomic mass is 35.5. The molecule has 4 nitrogen and oxygen atoms in total. The van der Waals surface area contributed by atoms with Crippen LogP contribution in [0.15, 0.2) is 48.2 Å². The minimum absolute atomic E-state index is 0.0613. The average molecular weight is 360 g/mol. The van der Waals surface area contributed by atoms with Gasteiger partial charge in [0.1, 0.15) is 11.6 Å². The maximum absolute atomic E-state index is 12.3. The van der Waals surface area contributed by atoms with Crippen molar-refractivity contribution in [2.75, 3.05) is 10.6 Å². The molecule has 0 fully saturated rings. The zero-order valence-electron chi connectivity index (χ0n) is 13.2. The number of nitrogens with zero attached hydrogens (tertiary/aromatic N) is 1. The first-order valence-corrected chi connectivity index (χ1v) is 7.88. The number of rotatable bonds is 4. The summed E-state index contributed by atoms with van der Waals surface area (Å²) in [5.41, 5.74) is 2.80. The van der Waals surface area contributed by atoms with E-state index in [4.69, 9.17) is 23.2 Å². The predicted octanol–water partition coefficient (Wildman–Crippen LogP) is 5.07. The van der Waals surface area contributed by atoms with Gasteiger partial charge in [0, 0.05) is 27.6 Å². The summed E-state index contributed by atoms with van der Waals surface area (Å²) in [5.74, 6) is -0.518. The molecule has 0 atom stereocenters. The van der Waals surface area contributed by atoms with Crippen molar-refractivity contribution in [1.82, 2.24) is 0 Å². The molecule has 0 aliphatic carbocycles.